The number of carbonyl (C=O) groups excluding carboxylic acids is 3. The molecule has 4 aromatic rings. The van der Waals surface area contributed by atoms with Crippen LogP contribution in [0.5, 0.6) is 5.75 Å². The lowest BCUT2D eigenvalue weighted by molar-refractivity contribution is -0.172. The highest BCUT2D eigenvalue weighted by Gasteiger charge is 2.45. The van der Waals surface area contributed by atoms with Gasteiger partial charge in [-0.25, -0.2) is 9.78 Å². The molecule has 0 aliphatic carbocycles. The number of esters is 3. The van der Waals surface area contributed by atoms with Crippen LogP contribution >= 0.6 is 0 Å². The molecule has 0 saturated heterocycles. The van der Waals surface area contributed by atoms with E-state index >= 15 is 0 Å². The average molecular weight is 625 g/mol. The number of pyridine rings is 2. The van der Waals surface area contributed by atoms with E-state index in [2.05, 4.69) is 0 Å². The fraction of sp³-hybridized carbons (Fsp3) is 0.361. The zero-order valence-corrected chi connectivity index (χ0v) is 26.6. The molecule has 0 fully saturated rings. The summed E-state index contributed by atoms with van der Waals surface area (Å²) < 4.78 is 17.8. The summed E-state index contributed by atoms with van der Waals surface area (Å²) in [7, 11) is 0. The molecule has 2 aliphatic rings. The Balaban J connectivity index is 1.20. The van der Waals surface area contributed by atoms with Crippen LogP contribution in [0.3, 0.4) is 0 Å². The summed E-state index contributed by atoms with van der Waals surface area (Å²) in [5.41, 5.74) is 6.11. The number of nitrogens with zero attached hydrogens (tertiary/aromatic N) is 2. The number of fused-ring (bicyclic) bond motifs is 5. The largest absolute Gasteiger partial charge is 0.461 e. The van der Waals surface area contributed by atoms with Gasteiger partial charge < -0.3 is 23.9 Å². The van der Waals surface area contributed by atoms with E-state index in [4.69, 9.17) is 19.2 Å². The van der Waals surface area contributed by atoms with Crippen molar-refractivity contribution < 1.29 is 33.7 Å². The van der Waals surface area contributed by atoms with E-state index in [1.54, 1.807) is 35.8 Å². The van der Waals surface area contributed by atoms with Crippen LogP contribution in [0.4, 0.5) is 0 Å². The molecule has 10 nitrogen and oxygen atoms in total. The molecule has 0 amide bonds. The Kier molecular flexibility index (Phi) is 8.02. The minimum Gasteiger partial charge on any atom is -0.461 e. The second-order valence-corrected chi connectivity index (χ2v) is 12.1. The molecule has 4 heterocycles. The quantitative estimate of drug-likeness (QED) is 0.187. The van der Waals surface area contributed by atoms with Gasteiger partial charge in [0.05, 0.1) is 41.9 Å². The van der Waals surface area contributed by atoms with E-state index in [1.165, 1.54) is 0 Å². The van der Waals surface area contributed by atoms with Crippen LogP contribution in [-0.4, -0.2) is 32.6 Å². The first-order chi connectivity index (χ1) is 21.9. The molecule has 0 spiro atoms. The second-order valence-electron chi connectivity index (χ2n) is 12.1. The van der Waals surface area contributed by atoms with Crippen LogP contribution < -0.4 is 10.3 Å². The summed E-state index contributed by atoms with van der Waals surface area (Å²) in [6.07, 6.45) is 0.445. The third kappa shape index (κ3) is 5.26. The van der Waals surface area contributed by atoms with Gasteiger partial charge in [0.15, 0.2) is 5.60 Å². The third-order valence-corrected chi connectivity index (χ3v) is 9.11. The van der Waals surface area contributed by atoms with Crippen molar-refractivity contribution in [2.24, 2.45) is 0 Å². The Morgan fingerprint density at radius 1 is 0.978 bits per heavy atom. The van der Waals surface area contributed by atoms with Crippen molar-refractivity contribution >= 4 is 28.8 Å². The zero-order valence-electron chi connectivity index (χ0n) is 26.6. The van der Waals surface area contributed by atoms with E-state index < -0.39 is 23.5 Å². The van der Waals surface area contributed by atoms with Crippen molar-refractivity contribution in [3.63, 3.8) is 0 Å². The lowest BCUT2D eigenvalue weighted by atomic mass is 9.86. The van der Waals surface area contributed by atoms with Crippen LogP contribution in [0.1, 0.15) is 77.6 Å². The van der Waals surface area contributed by atoms with E-state index in [0.717, 1.165) is 38.8 Å². The lowest BCUT2D eigenvalue weighted by Gasteiger charge is -2.31. The van der Waals surface area contributed by atoms with Crippen molar-refractivity contribution in [1.82, 2.24) is 9.55 Å². The number of hydrogen-bond donors (Lipinski definition) is 1. The molecule has 6 rings (SSSR count). The highest BCUT2D eigenvalue weighted by molar-refractivity contribution is 5.90. The molecule has 2 aromatic heterocycles. The number of hydrogen-bond acceptors (Lipinski definition) is 9. The summed E-state index contributed by atoms with van der Waals surface area (Å²) in [6.45, 7) is 9.87. The molecule has 0 radical (unpaired) electrons. The monoisotopic (exact) mass is 624 g/mol. The van der Waals surface area contributed by atoms with E-state index in [-0.39, 0.29) is 55.7 Å². The topological polar surface area (TPSA) is 134 Å². The van der Waals surface area contributed by atoms with Gasteiger partial charge in [-0.2, -0.15) is 0 Å². The number of ether oxygens (including phenoxy) is 3. The molecule has 1 atom stereocenters. The van der Waals surface area contributed by atoms with Crippen molar-refractivity contribution in [3.05, 3.63) is 91.3 Å². The Morgan fingerprint density at radius 2 is 1.70 bits per heavy atom. The highest BCUT2D eigenvalue weighted by Crippen LogP contribution is 2.40. The summed E-state index contributed by atoms with van der Waals surface area (Å²) in [5, 5.41) is 11.9. The standard InChI is InChI=1S/C36H36N2O8/c1-6-23-24-14-22(46-32(40)11-10-31(39)44-17-26-20(4)12-19(3)13-21(26)5)8-9-29(24)37-33-25(23)16-38-30(33)15-28-27(34(38)41)18-45-35(42)36(28,43)7-2/h8-9,12-15,43H,6-7,10-11,16-18H2,1-5H3/t36-/m0/s1. The molecule has 1 N–H and O–H groups in total. The van der Waals surface area contributed by atoms with Gasteiger partial charge >= 0.3 is 17.9 Å². The third-order valence-electron chi connectivity index (χ3n) is 9.11. The number of rotatable bonds is 8. The predicted octanol–water partition coefficient (Wildman–Crippen LogP) is 5.00. The molecule has 46 heavy (non-hydrogen) atoms. The maximum atomic E-state index is 13.6. The van der Waals surface area contributed by atoms with Crippen LogP contribution in [0, 0.1) is 20.8 Å². The normalized spacial score (nSPS) is 16.4. The van der Waals surface area contributed by atoms with Gasteiger partial charge in [0, 0.05) is 16.5 Å². The lowest BCUT2D eigenvalue weighted by Crippen LogP contribution is -2.44. The fourth-order valence-corrected chi connectivity index (χ4v) is 6.66. The maximum Gasteiger partial charge on any atom is 0.343 e. The number of carbonyl (C=O) groups is 3. The Labute approximate surface area is 265 Å². The van der Waals surface area contributed by atoms with Crippen LogP contribution in [0.15, 0.2) is 41.2 Å². The van der Waals surface area contributed by atoms with Gasteiger partial charge in [-0.1, -0.05) is 31.5 Å². The number of aryl methyl sites for hydroxylation is 4. The number of cyclic esters (lactones) is 1. The van der Waals surface area contributed by atoms with Gasteiger partial charge in [0.2, 0.25) is 0 Å². The Bertz CT molecular complexity index is 1990. The van der Waals surface area contributed by atoms with Gasteiger partial charge in [0.1, 0.15) is 19.0 Å². The smallest absolute Gasteiger partial charge is 0.343 e. The van der Waals surface area contributed by atoms with Crippen LogP contribution in [0.25, 0.3) is 22.3 Å². The number of aliphatic hydroxyl groups is 1. The maximum absolute atomic E-state index is 13.6. The van der Waals surface area contributed by atoms with Gasteiger partial charge in [-0.15, -0.1) is 0 Å². The first kappa shape index (κ1) is 31.2. The molecular weight excluding hydrogens is 588 g/mol. The van der Waals surface area contributed by atoms with Crippen molar-refractivity contribution in [2.75, 3.05) is 0 Å². The Morgan fingerprint density at radius 3 is 2.39 bits per heavy atom. The molecule has 0 unspecified atom stereocenters. The fourth-order valence-electron chi connectivity index (χ4n) is 6.66. The zero-order chi connectivity index (χ0) is 32.9. The SMILES string of the molecule is CCc1c2c(nc3ccc(OC(=O)CCC(=O)OCc4c(C)cc(C)cc4C)cc13)-c1cc3c(c(=O)n1C2)COC(=O)[C@]3(O)CC. The summed E-state index contributed by atoms with van der Waals surface area (Å²) in [6, 6.07) is 10.9. The summed E-state index contributed by atoms with van der Waals surface area (Å²) in [5.74, 6) is -1.49. The average Bonchev–Trinajstić information content (AvgIpc) is 3.39. The molecular formula is C36H36N2O8. The first-order valence-electron chi connectivity index (χ1n) is 15.5. The van der Waals surface area contributed by atoms with E-state index in [0.29, 0.717) is 29.1 Å². The number of aromatic nitrogens is 2. The predicted molar refractivity (Wildman–Crippen MR) is 169 cm³/mol. The summed E-state index contributed by atoms with van der Waals surface area (Å²) >= 11 is 0. The molecule has 10 heteroatoms. The van der Waals surface area contributed by atoms with Crippen molar-refractivity contribution in [1.29, 1.82) is 0 Å². The molecule has 2 aromatic carbocycles. The van der Waals surface area contributed by atoms with Crippen LogP contribution in [0.2, 0.25) is 0 Å². The first-order valence-corrected chi connectivity index (χ1v) is 15.5. The molecule has 0 saturated carbocycles. The van der Waals surface area contributed by atoms with Gasteiger partial charge in [-0.05, 0) is 80.1 Å². The molecule has 2 aliphatic heterocycles. The second kappa shape index (κ2) is 11.8. The van der Waals surface area contributed by atoms with Gasteiger partial charge in [0.25, 0.3) is 5.56 Å². The minimum atomic E-state index is -1.90. The van der Waals surface area contributed by atoms with Crippen LogP contribution in [-0.2, 0) is 55.6 Å². The molecule has 238 valence electrons. The molecule has 0 bridgehead atoms. The van der Waals surface area contributed by atoms with E-state index in [9.17, 15) is 24.3 Å². The van der Waals surface area contributed by atoms with Gasteiger partial charge in [-0.3, -0.25) is 14.4 Å². The summed E-state index contributed by atoms with van der Waals surface area (Å²) in [4.78, 5) is 56.0. The number of benzene rings is 2. The minimum absolute atomic E-state index is 0.0649. The highest BCUT2D eigenvalue weighted by atomic mass is 16.6. The van der Waals surface area contributed by atoms with E-state index in [1.807, 2.05) is 39.8 Å². The van der Waals surface area contributed by atoms with Crippen molar-refractivity contribution in [2.45, 2.75) is 85.7 Å². The Hall–Kier alpha value is -4.83. The van der Waals surface area contributed by atoms with Crippen molar-refractivity contribution in [3.8, 4) is 17.1 Å².